The molecule has 1 saturated carbocycles. The lowest BCUT2D eigenvalue weighted by Gasteiger charge is -2.00. The maximum absolute atomic E-state index is 5.84. The van der Waals surface area contributed by atoms with E-state index in [0.717, 1.165) is 11.1 Å². The largest absolute Gasteiger partial charge is 0.398 e. The number of nitrogen functional groups attached to an aromatic ring is 1. The van der Waals surface area contributed by atoms with Crippen molar-refractivity contribution in [2.24, 2.45) is 0 Å². The number of hydrogen-bond acceptors (Lipinski definition) is 2. The van der Waals surface area contributed by atoms with E-state index < -0.39 is 0 Å². The molecule has 1 fully saturated rings. The summed E-state index contributed by atoms with van der Waals surface area (Å²) in [7, 11) is 0. The minimum Gasteiger partial charge on any atom is -0.398 e. The molecule has 0 bridgehead atoms. The summed E-state index contributed by atoms with van der Waals surface area (Å²) in [6.45, 7) is 0. The van der Waals surface area contributed by atoms with E-state index in [4.69, 9.17) is 5.73 Å². The highest BCUT2D eigenvalue weighted by molar-refractivity contribution is 5.90. The van der Waals surface area contributed by atoms with Crippen LogP contribution in [0.2, 0.25) is 0 Å². The lowest BCUT2D eigenvalue weighted by Crippen LogP contribution is -1.95. The zero-order valence-corrected chi connectivity index (χ0v) is 7.27. The van der Waals surface area contributed by atoms with E-state index in [9.17, 15) is 0 Å². The zero-order chi connectivity index (χ0) is 8.84. The van der Waals surface area contributed by atoms with Crippen molar-refractivity contribution >= 4 is 16.6 Å². The van der Waals surface area contributed by atoms with E-state index in [1.165, 1.54) is 18.4 Å². The van der Waals surface area contributed by atoms with Crippen LogP contribution in [0.5, 0.6) is 0 Å². The van der Waals surface area contributed by atoms with Gasteiger partial charge in [0.15, 0.2) is 0 Å². The number of nitrogens with zero attached hydrogens (tertiary/aromatic N) is 2. The Balaban J connectivity index is 2.32. The van der Waals surface area contributed by atoms with Crippen molar-refractivity contribution in [3.8, 4) is 0 Å². The first-order chi connectivity index (χ1) is 6.36. The number of hydrogen-bond donors (Lipinski definition) is 1. The molecule has 3 rings (SSSR count). The van der Waals surface area contributed by atoms with Gasteiger partial charge in [-0.25, -0.2) is 0 Å². The quantitative estimate of drug-likeness (QED) is 0.670. The molecule has 1 aliphatic rings. The van der Waals surface area contributed by atoms with Gasteiger partial charge in [0.2, 0.25) is 0 Å². The molecule has 0 atom stereocenters. The van der Waals surface area contributed by atoms with Gasteiger partial charge in [0.05, 0.1) is 17.8 Å². The lowest BCUT2D eigenvalue weighted by molar-refractivity contribution is 0.665. The molecule has 66 valence electrons. The van der Waals surface area contributed by atoms with Crippen molar-refractivity contribution in [2.75, 3.05) is 5.73 Å². The van der Waals surface area contributed by atoms with E-state index in [1.807, 2.05) is 18.3 Å². The number of fused-ring (bicyclic) bond motifs is 1. The monoisotopic (exact) mass is 173 g/mol. The van der Waals surface area contributed by atoms with Crippen molar-refractivity contribution in [1.82, 2.24) is 9.78 Å². The van der Waals surface area contributed by atoms with Crippen molar-refractivity contribution in [3.05, 3.63) is 24.4 Å². The number of nitrogens with two attached hydrogens (primary N) is 1. The summed E-state index contributed by atoms with van der Waals surface area (Å²) in [5.41, 5.74) is 7.83. The number of benzene rings is 1. The molecular formula is C10H11N3. The molecule has 0 saturated heterocycles. The van der Waals surface area contributed by atoms with Gasteiger partial charge in [-0.2, -0.15) is 5.10 Å². The topological polar surface area (TPSA) is 43.8 Å². The molecule has 1 aromatic heterocycles. The molecule has 1 aromatic carbocycles. The Morgan fingerprint density at radius 3 is 3.00 bits per heavy atom. The van der Waals surface area contributed by atoms with Gasteiger partial charge in [-0.15, -0.1) is 0 Å². The van der Waals surface area contributed by atoms with Gasteiger partial charge in [-0.3, -0.25) is 4.68 Å². The summed E-state index contributed by atoms with van der Waals surface area (Å²) in [5.74, 6) is 0. The molecule has 0 radical (unpaired) electrons. The van der Waals surface area contributed by atoms with Gasteiger partial charge in [0.25, 0.3) is 0 Å². The van der Waals surface area contributed by atoms with E-state index in [2.05, 4.69) is 15.8 Å². The van der Waals surface area contributed by atoms with Crippen molar-refractivity contribution < 1.29 is 0 Å². The summed E-state index contributed by atoms with van der Waals surface area (Å²) in [6, 6.07) is 6.61. The number of aromatic nitrogens is 2. The summed E-state index contributed by atoms with van der Waals surface area (Å²) in [6.07, 6.45) is 4.38. The second kappa shape index (κ2) is 2.25. The molecule has 2 aromatic rings. The Labute approximate surface area is 76.1 Å². The molecule has 3 nitrogen and oxygen atoms in total. The average Bonchev–Trinajstić information content (AvgIpc) is 2.87. The molecule has 3 heteroatoms. The summed E-state index contributed by atoms with van der Waals surface area (Å²) in [5, 5.41) is 5.43. The van der Waals surface area contributed by atoms with Gasteiger partial charge in [0, 0.05) is 11.1 Å². The zero-order valence-electron chi connectivity index (χ0n) is 7.27. The Hall–Kier alpha value is -1.51. The predicted molar refractivity (Wildman–Crippen MR) is 52.4 cm³/mol. The van der Waals surface area contributed by atoms with E-state index in [1.54, 1.807) is 0 Å². The lowest BCUT2D eigenvalue weighted by atomic mass is 10.2. The molecule has 0 aliphatic heterocycles. The minimum atomic E-state index is 0.624. The Morgan fingerprint density at radius 2 is 2.23 bits per heavy atom. The smallest absolute Gasteiger partial charge is 0.0706 e. The third kappa shape index (κ3) is 0.932. The minimum absolute atomic E-state index is 0.624. The van der Waals surface area contributed by atoms with Crippen molar-refractivity contribution in [3.63, 3.8) is 0 Å². The fraction of sp³-hybridized carbons (Fsp3) is 0.300. The van der Waals surface area contributed by atoms with Gasteiger partial charge in [-0.1, -0.05) is 6.07 Å². The molecule has 13 heavy (non-hydrogen) atoms. The van der Waals surface area contributed by atoms with Crippen molar-refractivity contribution in [1.29, 1.82) is 0 Å². The first-order valence-corrected chi connectivity index (χ1v) is 4.58. The summed E-state index contributed by atoms with van der Waals surface area (Å²) in [4.78, 5) is 0. The van der Waals surface area contributed by atoms with Crippen LogP contribution in [0.1, 0.15) is 18.9 Å². The van der Waals surface area contributed by atoms with Gasteiger partial charge in [-0.05, 0) is 25.0 Å². The van der Waals surface area contributed by atoms with Crippen LogP contribution in [0.25, 0.3) is 10.9 Å². The van der Waals surface area contributed by atoms with Crippen LogP contribution in [0.4, 0.5) is 5.69 Å². The van der Waals surface area contributed by atoms with Gasteiger partial charge < -0.3 is 5.73 Å². The van der Waals surface area contributed by atoms with E-state index >= 15 is 0 Å². The second-order valence-electron chi connectivity index (χ2n) is 3.60. The van der Waals surface area contributed by atoms with Crippen molar-refractivity contribution in [2.45, 2.75) is 18.9 Å². The van der Waals surface area contributed by atoms with Crippen LogP contribution >= 0.6 is 0 Å². The maximum Gasteiger partial charge on any atom is 0.0706 e. The fourth-order valence-corrected chi connectivity index (χ4v) is 1.70. The summed E-state index contributed by atoms with van der Waals surface area (Å²) < 4.78 is 2.09. The van der Waals surface area contributed by atoms with E-state index in [0.29, 0.717) is 6.04 Å². The highest BCUT2D eigenvalue weighted by Crippen LogP contribution is 2.37. The highest BCUT2D eigenvalue weighted by Gasteiger charge is 2.25. The number of rotatable bonds is 1. The molecule has 0 amide bonds. The first kappa shape index (κ1) is 6.95. The third-order valence-electron chi connectivity index (χ3n) is 2.57. The van der Waals surface area contributed by atoms with Crippen LogP contribution in [0.3, 0.4) is 0 Å². The maximum atomic E-state index is 5.84. The standard InChI is InChI=1S/C10H11N3/c11-9-2-1-3-10-8(9)6-12-13(10)7-4-5-7/h1-3,6-7H,4-5,11H2. The Bertz CT molecular complexity index is 454. The normalized spacial score (nSPS) is 16.6. The fourth-order valence-electron chi connectivity index (χ4n) is 1.70. The van der Waals surface area contributed by atoms with Crippen LogP contribution in [0.15, 0.2) is 24.4 Å². The van der Waals surface area contributed by atoms with Crippen LogP contribution < -0.4 is 5.73 Å². The SMILES string of the molecule is Nc1cccc2c1cnn2C1CC1. The third-order valence-corrected chi connectivity index (χ3v) is 2.57. The average molecular weight is 173 g/mol. The molecule has 0 spiro atoms. The summed E-state index contributed by atoms with van der Waals surface area (Å²) >= 11 is 0. The van der Waals surface area contributed by atoms with Crippen LogP contribution in [-0.2, 0) is 0 Å². The highest BCUT2D eigenvalue weighted by atomic mass is 15.3. The van der Waals surface area contributed by atoms with Crippen LogP contribution in [0, 0.1) is 0 Å². The first-order valence-electron chi connectivity index (χ1n) is 4.58. The molecular weight excluding hydrogens is 162 g/mol. The molecule has 2 N–H and O–H groups in total. The number of anilines is 1. The molecule has 1 heterocycles. The Morgan fingerprint density at radius 1 is 1.38 bits per heavy atom. The van der Waals surface area contributed by atoms with Gasteiger partial charge >= 0.3 is 0 Å². The molecule has 0 unspecified atom stereocenters. The molecule has 1 aliphatic carbocycles. The second-order valence-corrected chi connectivity index (χ2v) is 3.60. The Kier molecular flexibility index (Phi) is 1.20. The van der Waals surface area contributed by atoms with Crippen LogP contribution in [-0.4, -0.2) is 9.78 Å². The van der Waals surface area contributed by atoms with Gasteiger partial charge in [0.1, 0.15) is 0 Å². The predicted octanol–water partition coefficient (Wildman–Crippen LogP) is 1.95. The van der Waals surface area contributed by atoms with E-state index in [-0.39, 0.29) is 0 Å².